The third-order valence-electron chi connectivity index (χ3n) is 6.75. The Morgan fingerprint density at radius 1 is 1.14 bits per heavy atom. The van der Waals surface area contributed by atoms with Gasteiger partial charge >= 0.3 is 6.03 Å². The molecule has 3 unspecified atom stereocenters. The van der Waals surface area contributed by atoms with Gasteiger partial charge < -0.3 is 32.2 Å². The van der Waals surface area contributed by atoms with Crippen molar-refractivity contribution in [3.8, 4) is 16.9 Å². The lowest BCUT2D eigenvalue weighted by atomic mass is 10.0. The fourth-order valence-electron chi connectivity index (χ4n) is 4.84. The summed E-state index contributed by atoms with van der Waals surface area (Å²) in [5, 5.41) is 9.42. The number of ether oxygens (including phenoxy) is 1. The van der Waals surface area contributed by atoms with Gasteiger partial charge in [0.2, 0.25) is 11.9 Å². The molecular formula is C26H37N7O3S. The molecule has 2 fully saturated rings. The summed E-state index contributed by atoms with van der Waals surface area (Å²) in [4.78, 5) is 32.0. The number of nitrogens with two attached hydrogens (primary N) is 2. The van der Waals surface area contributed by atoms with Gasteiger partial charge in [-0.2, -0.15) is 16.7 Å². The summed E-state index contributed by atoms with van der Waals surface area (Å²) in [6.45, 7) is 3.23. The van der Waals surface area contributed by atoms with E-state index in [2.05, 4.69) is 25.9 Å². The van der Waals surface area contributed by atoms with E-state index in [1.165, 1.54) is 0 Å². The number of benzene rings is 1. The van der Waals surface area contributed by atoms with E-state index < -0.39 is 0 Å². The van der Waals surface area contributed by atoms with Gasteiger partial charge in [0.05, 0.1) is 24.4 Å². The molecule has 37 heavy (non-hydrogen) atoms. The van der Waals surface area contributed by atoms with Crippen molar-refractivity contribution in [3.05, 3.63) is 30.0 Å². The van der Waals surface area contributed by atoms with Crippen LogP contribution in [0, 0.1) is 0 Å². The lowest BCUT2D eigenvalue weighted by Gasteiger charge is -2.16. The molecule has 0 saturated carbocycles. The molecular weight excluding hydrogens is 490 g/mol. The molecule has 3 heterocycles. The molecule has 0 bridgehead atoms. The van der Waals surface area contributed by atoms with Crippen molar-refractivity contribution in [2.45, 2.75) is 69.2 Å². The van der Waals surface area contributed by atoms with Crippen LogP contribution in [0.15, 0.2) is 24.3 Å². The van der Waals surface area contributed by atoms with Gasteiger partial charge in [0.25, 0.3) is 0 Å². The SMILES string of the molecule is CCc1nc(N)nc(N)c1-c1ccc(OCCCCNC(=O)CCCCC2SCC3NC(=O)NC32)cc1. The summed E-state index contributed by atoms with van der Waals surface area (Å²) in [6.07, 6.45) is 5.85. The number of hydrogen-bond acceptors (Lipinski definition) is 8. The van der Waals surface area contributed by atoms with Crippen LogP contribution in [0.3, 0.4) is 0 Å². The molecule has 2 aromatic rings. The molecule has 2 aliphatic heterocycles. The smallest absolute Gasteiger partial charge is 0.315 e. The zero-order valence-electron chi connectivity index (χ0n) is 21.3. The maximum Gasteiger partial charge on any atom is 0.315 e. The topological polar surface area (TPSA) is 157 Å². The standard InChI is InChI=1S/C26H37N7O3S/c1-2-18-22(24(27)33-25(28)30-18)16-9-11-17(12-10-16)36-14-6-5-13-29-21(34)8-4-3-7-20-23-19(15-37-20)31-26(35)32-23/h9-12,19-20,23H,2-8,13-15H2,1H3,(H,29,34)(H2,31,32,35)(H4,27,28,30,33). The average Bonchev–Trinajstić information content (AvgIpc) is 3.43. The molecule has 2 aliphatic rings. The monoisotopic (exact) mass is 527 g/mol. The van der Waals surface area contributed by atoms with Gasteiger partial charge in [0.15, 0.2) is 0 Å². The lowest BCUT2D eigenvalue weighted by molar-refractivity contribution is -0.121. The number of nitrogens with zero attached hydrogens (tertiary/aromatic N) is 2. The van der Waals surface area contributed by atoms with Crippen LogP contribution < -0.4 is 32.2 Å². The summed E-state index contributed by atoms with van der Waals surface area (Å²) in [5.41, 5.74) is 14.4. The summed E-state index contributed by atoms with van der Waals surface area (Å²) in [7, 11) is 0. The Kier molecular flexibility index (Phi) is 9.32. The van der Waals surface area contributed by atoms with E-state index in [0.29, 0.717) is 37.1 Å². The number of hydrogen-bond donors (Lipinski definition) is 5. The number of nitrogen functional groups attached to an aromatic ring is 2. The number of amides is 3. The number of aromatic nitrogens is 2. The maximum atomic E-state index is 12.1. The second-order valence-corrected chi connectivity index (χ2v) is 10.7. The van der Waals surface area contributed by atoms with Crippen molar-refractivity contribution in [2.75, 3.05) is 30.4 Å². The Bertz CT molecular complexity index is 1080. The van der Waals surface area contributed by atoms with E-state index in [1.54, 1.807) is 0 Å². The van der Waals surface area contributed by atoms with Gasteiger partial charge in [-0.25, -0.2) is 9.78 Å². The third-order valence-corrected chi connectivity index (χ3v) is 8.26. The highest BCUT2D eigenvalue weighted by molar-refractivity contribution is 8.00. The third kappa shape index (κ3) is 7.18. The summed E-state index contributed by atoms with van der Waals surface area (Å²) in [5.74, 6) is 2.41. The summed E-state index contributed by atoms with van der Waals surface area (Å²) < 4.78 is 5.85. The largest absolute Gasteiger partial charge is 0.494 e. The second-order valence-electron chi connectivity index (χ2n) is 9.44. The van der Waals surface area contributed by atoms with Gasteiger partial charge in [-0.1, -0.05) is 25.5 Å². The predicted octanol–water partition coefficient (Wildman–Crippen LogP) is 2.87. The van der Waals surface area contributed by atoms with Crippen LogP contribution >= 0.6 is 11.8 Å². The highest BCUT2D eigenvalue weighted by Crippen LogP contribution is 2.33. The zero-order valence-corrected chi connectivity index (χ0v) is 22.1. The Hall–Kier alpha value is -3.21. The number of anilines is 2. The number of aryl methyl sites for hydroxylation is 1. The molecule has 1 aromatic carbocycles. The molecule has 11 heteroatoms. The van der Waals surface area contributed by atoms with Gasteiger partial charge in [-0.3, -0.25) is 4.79 Å². The van der Waals surface area contributed by atoms with Crippen molar-refractivity contribution in [1.82, 2.24) is 25.9 Å². The number of urea groups is 1. The van der Waals surface area contributed by atoms with Crippen molar-refractivity contribution in [3.63, 3.8) is 0 Å². The predicted molar refractivity (Wildman–Crippen MR) is 147 cm³/mol. The minimum absolute atomic E-state index is 0.0518. The molecule has 7 N–H and O–H groups in total. The van der Waals surface area contributed by atoms with E-state index in [0.717, 1.165) is 60.4 Å². The molecule has 10 nitrogen and oxygen atoms in total. The van der Waals surface area contributed by atoms with Crippen LogP contribution in [0.5, 0.6) is 5.75 Å². The number of carbonyl (C=O) groups is 2. The molecule has 1 aromatic heterocycles. The molecule has 200 valence electrons. The number of rotatable bonds is 13. The van der Waals surface area contributed by atoms with Crippen molar-refractivity contribution < 1.29 is 14.3 Å². The van der Waals surface area contributed by atoms with E-state index in [-0.39, 0.29) is 30.0 Å². The first-order chi connectivity index (χ1) is 17.9. The average molecular weight is 528 g/mol. The first kappa shape index (κ1) is 26.8. The van der Waals surface area contributed by atoms with Crippen LogP contribution in [0.4, 0.5) is 16.6 Å². The fourth-order valence-corrected chi connectivity index (χ4v) is 6.39. The van der Waals surface area contributed by atoms with Crippen LogP contribution in [0.1, 0.15) is 51.1 Å². The maximum absolute atomic E-state index is 12.1. The van der Waals surface area contributed by atoms with Crippen molar-refractivity contribution >= 4 is 35.5 Å². The number of carbonyl (C=O) groups excluding carboxylic acids is 2. The van der Waals surface area contributed by atoms with Crippen LogP contribution in [-0.2, 0) is 11.2 Å². The Morgan fingerprint density at radius 3 is 2.73 bits per heavy atom. The molecule has 0 aliphatic carbocycles. The molecule has 3 amide bonds. The van der Waals surface area contributed by atoms with Crippen LogP contribution in [0.25, 0.3) is 11.1 Å². The first-order valence-electron chi connectivity index (χ1n) is 13.0. The van der Waals surface area contributed by atoms with Crippen LogP contribution in [-0.4, -0.2) is 58.1 Å². The Morgan fingerprint density at radius 2 is 1.95 bits per heavy atom. The normalized spacial score (nSPS) is 20.2. The van der Waals surface area contributed by atoms with Gasteiger partial charge in [0.1, 0.15) is 11.6 Å². The quantitative estimate of drug-likeness (QED) is 0.197. The van der Waals surface area contributed by atoms with E-state index >= 15 is 0 Å². The number of thioether (sulfide) groups is 1. The number of nitrogens with one attached hydrogen (secondary N) is 3. The molecule has 3 atom stereocenters. The summed E-state index contributed by atoms with van der Waals surface area (Å²) in [6, 6.07) is 8.16. The highest BCUT2D eigenvalue weighted by atomic mass is 32.2. The molecule has 4 rings (SSSR count). The Labute approximate surface area is 222 Å². The van der Waals surface area contributed by atoms with Gasteiger partial charge in [0, 0.05) is 29.5 Å². The highest BCUT2D eigenvalue weighted by Gasteiger charge is 2.42. The number of unbranched alkanes of at least 4 members (excludes halogenated alkanes) is 2. The number of fused-ring (bicyclic) bond motifs is 1. The van der Waals surface area contributed by atoms with Crippen molar-refractivity contribution in [1.29, 1.82) is 0 Å². The zero-order chi connectivity index (χ0) is 26.2. The van der Waals surface area contributed by atoms with Crippen molar-refractivity contribution in [2.24, 2.45) is 0 Å². The van der Waals surface area contributed by atoms with E-state index in [1.807, 2.05) is 43.0 Å². The van der Waals surface area contributed by atoms with Gasteiger partial charge in [-0.05, 0) is 49.8 Å². The lowest BCUT2D eigenvalue weighted by Crippen LogP contribution is -2.36. The minimum atomic E-state index is -0.0518. The second kappa shape index (κ2) is 12.8. The van der Waals surface area contributed by atoms with E-state index in [4.69, 9.17) is 16.2 Å². The fraction of sp³-hybridized carbons (Fsp3) is 0.538. The minimum Gasteiger partial charge on any atom is -0.494 e. The summed E-state index contributed by atoms with van der Waals surface area (Å²) >= 11 is 1.91. The van der Waals surface area contributed by atoms with Gasteiger partial charge in [-0.15, -0.1) is 0 Å². The van der Waals surface area contributed by atoms with Crippen LogP contribution in [0.2, 0.25) is 0 Å². The molecule has 2 saturated heterocycles. The Balaban J connectivity index is 1.07. The molecule has 0 radical (unpaired) electrons. The molecule has 0 spiro atoms. The van der Waals surface area contributed by atoms with E-state index in [9.17, 15) is 9.59 Å². The first-order valence-corrected chi connectivity index (χ1v) is 14.1.